The number of hydrogen-bond acceptors (Lipinski definition) is 3. The second-order valence-corrected chi connectivity index (χ2v) is 9.75. The molecule has 0 saturated heterocycles. The van der Waals surface area contributed by atoms with Gasteiger partial charge in [-0.2, -0.15) is 0 Å². The number of anilines is 1. The number of fused-ring (bicyclic) bond motifs is 1. The molecule has 3 aromatic rings. The number of amides is 1. The number of aromatic nitrogens is 1. The van der Waals surface area contributed by atoms with Gasteiger partial charge < -0.3 is 9.73 Å². The smallest absolute Gasteiger partial charge is 0.408 e. The molecule has 4 bridgehead atoms. The predicted octanol–water partition coefficient (Wildman–Crippen LogP) is 4.70. The Hall–Kier alpha value is -2.82. The maximum Gasteiger partial charge on any atom is 0.420 e. The maximum absolute atomic E-state index is 12.6. The van der Waals surface area contributed by atoms with Gasteiger partial charge in [0.1, 0.15) is 6.54 Å². The highest BCUT2D eigenvalue weighted by Crippen LogP contribution is 2.60. The summed E-state index contributed by atoms with van der Waals surface area (Å²) in [6, 6.07) is 15.6. The average Bonchev–Trinajstić information content (AvgIpc) is 3.03. The minimum Gasteiger partial charge on any atom is -0.408 e. The van der Waals surface area contributed by atoms with Gasteiger partial charge in [-0.05, 0) is 91.5 Å². The lowest BCUT2D eigenvalue weighted by molar-refractivity contribution is -0.116. The van der Waals surface area contributed by atoms with E-state index < -0.39 is 5.76 Å². The van der Waals surface area contributed by atoms with Gasteiger partial charge in [-0.3, -0.25) is 9.36 Å². The molecular weight excluding hydrogens is 376 g/mol. The second kappa shape index (κ2) is 6.59. The molecule has 1 amide bonds. The zero-order chi connectivity index (χ0) is 20.3. The Kier molecular flexibility index (Phi) is 3.95. The molecule has 0 atom stereocenters. The number of oxazole rings is 1. The summed E-state index contributed by atoms with van der Waals surface area (Å²) in [7, 11) is 0. The van der Waals surface area contributed by atoms with Gasteiger partial charge in [0, 0.05) is 5.69 Å². The van der Waals surface area contributed by atoms with E-state index in [4.69, 9.17) is 4.42 Å². The average molecular weight is 402 g/mol. The highest BCUT2D eigenvalue weighted by molar-refractivity contribution is 5.91. The van der Waals surface area contributed by atoms with Crippen LogP contribution in [0.2, 0.25) is 0 Å². The molecule has 0 unspecified atom stereocenters. The Balaban J connectivity index is 1.18. The number of carbonyl (C=O) groups is 1. The monoisotopic (exact) mass is 402 g/mol. The number of hydrogen-bond donors (Lipinski definition) is 1. The fourth-order valence-electron chi connectivity index (χ4n) is 6.88. The van der Waals surface area contributed by atoms with Crippen molar-refractivity contribution >= 4 is 22.7 Å². The van der Waals surface area contributed by atoms with Crippen molar-refractivity contribution < 1.29 is 9.21 Å². The molecule has 0 spiro atoms. The SMILES string of the molecule is O=C(Cn1c(=O)oc2ccccc21)Nc1ccc(C23CC4CC(CC(C4)C2)C3)cc1. The lowest BCUT2D eigenvalue weighted by Crippen LogP contribution is -2.48. The first kappa shape index (κ1) is 18.0. The highest BCUT2D eigenvalue weighted by atomic mass is 16.4. The molecule has 0 aliphatic heterocycles. The Bertz CT molecular complexity index is 1140. The van der Waals surface area contributed by atoms with Gasteiger partial charge >= 0.3 is 5.76 Å². The van der Waals surface area contributed by atoms with Crippen molar-refractivity contribution in [3.63, 3.8) is 0 Å². The van der Waals surface area contributed by atoms with E-state index in [9.17, 15) is 9.59 Å². The second-order valence-electron chi connectivity index (χ2n) is 9.75. The first-order chi connectivity index (χ1) is 14.6. The van der Waals surface area contributed by atoms with Gasteiger partial charge in [-0.25, -0.2) is 4.79 Å². The fraction of sp³-hybridized carbons (Fsp3) is 0.440. The summed E-state index contributed by atoms with van der Waals surface area (Å²) in [5.41, 5.74) is 3.70. The minimum atomic E-state index is -0.511. The van der Waals surface area contributed by atoms with Crippen LogP contribution >= 0.6 is 0 Å². The Morgan fingerprint density at radius 2 is 1.60 bits per heavy atom. The van der Waals surface area contributed by atoms with Crippen molar-refractivity contribution in [3.05, 3.63) is 64.6 Å². The van der Waals surface area contributed by atoms with Crippen LogP contribution in [-0.4, -0.2) is 10.5 Å². The van der Waals surface area contributed by atoms with Crippen LogP contribution < -0.4 is 11.1 Å². The number of para-hydroxylation sites is 2. The Morgan fingerprint density at radius 3 is 2.27 bits per heavy atom. The number of rotatable bonds is 4. The van der Waals surface area contributed by atoms with Gasteiger partial charge in [-0.15, -0.1) is 0 Å². The number of nitrogens with zero attached hydrogens (tertiary/aromatic N) is 1. The summed E-state index contributed by atoms with van der Waals surface area (Å²) in [6.45, 7) is -0.0629. The lowest BCUT2D eigenvalue weighted by atomic mass is 9.48. The van der Waals surface area contributed by atoms with Crippen molar-refractivity contribution in [2.75, 3.05) is 5.32 Å². The molecule has 4 aliphatic carbocycles. The first-order valence-corrected chi connectivity index (χ1v) is 11.1. The Morgan fingerprint density at radius 1 is 0.967 bits per heavy atom. The van der Waals surface area contributed by atoms with Gasteiger partial charge in [0.15, 0.2) is 5.58 Å². The number of nitrogens with one attached hydrogen (secondary N) is 1. The lowest BCUT2D eigenvalue weighted by Gasteiger charge is -2.57. The molecule has 1 aromatic heterocycles. The third-order valence-electron chi connectivity index (χ3n) is 7.69. The molecule has 5 heteroatoms. The van der Waals surface area contributed by atoms with Gasteiger partial charge in [0.05, 0.1) is 5.52 Å². The summed E-state index contributed by atoms with van der Waals surface area (Å²) >= 11 is 0. The third-order valence-corrected chi connectivity index (χ3v) is 7.69. The quantitative estimate of drug-likeness (QED) is 0.688. The van der Waals surface area contributed by atoms with E-state index in [0.717, 1.165) is 23.4 Å². The van der Waals surface area contributed by atoms with E-state index in [2.05, 4.69) is 17.4 Å². The molecule has 1 N–H and O–H groups in total. The van der Waals surface area contributed by atoms with E-state index >= 15 is 0 Å². The maximum atomic E-state index is 12.6. The van der Waals surface area contributed by atoms with Crippen LogP contribution in [0.15, 0.2) is 57.7 Å². The van der Waals surface area contributed by atoms with Crippen LogP contribution in [-0.2, 0) is 16.8 Å². The van der Waals surface area contributed by atoms with Crippen molar-refractivity contribution in [2.24, 2.45) is 17.8 Å². The molecular formula is C25H26N2O3. The van der Waals surface area contributed by atoms with Crippen LogP contribution in [0.25, 0.3) is 11.1 Å². The minimum absolute atomic E-state index is 0.0629. The Labute approximate surface area is 175 Å². The van der Waals surface area contributed by atoms with Gasteiger partial charge in [-0.1, -0.05) is 24.3 Å². The summed E-state index contributed by atoms with van der Waals surface area (Å²) in [6.07, 6.45) is 8.32. The van der Waals surface area contributed by atoms with Crippen LogP contribution in [0.5, 0.6) is 0 Å². The summed E-state index contributed by atoms with van der Waals surface area (Å²) in [4.78, 5) is 24.7. The zero-order valence-electron chi connectivity index (χ0n) is 17.0. The van der Waals surface area contributed by atoms with Crippen LogP contribution in [0.1, 0.15) is 44.1 Å². The van der Waals surface area contributed by atoms with E-state index in [0.29, 0.717) is 16.5 Å². The molecule has 1 heterocycles. The summed E-state index contributed by atoms with van der Waals surface area (Å²) in [5, 5.41) is 2.93. The largest absolute Gasteiger partial charge is 0.420 e. The predicted molar refractivity (Wildman–Crippen MR) is 115 cm³/mol. The van der Waals surface area contributed by atoms with Crippen molar-refractivity contribution in [1.82, 2.24) is 4.57 Å². The molecule has 7 rings (SSSR count). The van der Waals surface area contributed by atoms with E-state index in [1.165, 1.54) is 48.7 Å². The zero-order valence-corrected chi connectivity index (χ0v) is 17.0. The molecule has 5 nitrogen and oxygen atoms in total. The van der Waals surface area contributed by atoms with Crippen molar-refractivity contribution in [2.45, 2.75) is 50.5 Å². The van der Waals surface area contributed by atoms with E-state index in [1.54, 1.807) is 18.2 Å². The van der Waals surface area contributed by atoms with Crippen LogP contribution in [0.3, 0.4) is 0 Å². The molecule has 4 saturated carbocycles. The van der Waals surface area contributed by atoms with Crippen LogP contribution in [0.4, 0.5) is 5.69 Å². The summed E-state index contributed by atoms with van der Waals surface area (Å²) in [5.74, 6) is 2.01. The van der Waals surface area contributed by atoms with Crippen molar-refractivity contribution in [3.8, 4) is 0 Å². The fourth-order valence-corrected chi connectivity index (χ4v) is 6.88. The normalized spacial score (nSPS) is 29.4. The molecule has 0 radical (unpaired) electrons. The third kappa shape index (κ3) is 2.91. The molecule has 154 valence electrons. The van der Waals surface area contributed by atoms with Gasteiger partial charge in [0.25, 0.3) is 0 Å². The topological polar surface area (TPSA) is 64.2 Å². The molecule has 2 aromatic carbocycles. The first-order valence-electron chi connectivity index (χ1n) is 11.1. The summed E-state index contributed by atoms with van der Waals surface area (Å²) < 4.78 is 6.58. The molecule has 4 fully saturated rings. The standard InChI is InChI=1S/C25H26N2O3/c28-23(15-27-21-3-1-2-4-22(21)30-24(27)29)26-20-7-5-19(6-8-20)25-12-16-9-17(13-25)11-18(10-16)14-25/h1-8,16-18H,9-15H2,(H,26,28). The van der Waals surface area contributed by atoms with Gasteiger partial charge in [0.2, 0.25) is 5.91 Å². The van der Waals surface area contributed by atoms with E-state index in [-0.39, 0.29) is 12.5 Å². The number of benzene rings is 2. The molecule has 4 aliphatic rings. The van der Waals surface area contributed by atoms with Crippen LogP contribution in [0, 0.1) is 17.8 Å². The van der Waals surface area contributed by atoms with Crippen molar-refractivity contribution in [1.29, 1.82) is 0 Å². The van der Waals surface area contributed by atoms with E-state index in [1.807, 2.05) is 18.2 Å². The number of carbonyl (C=O) groups excluding carboxylic acids is 1. The highest BCUT2D eigenvalue weighted by Gasteiger charge is 2.51. The molecule has 30 heavy (non-hydrogen) atoms.